The van der Waals surface area contributed by atoms with Gasteiger partial charge in [0, 0.05) is 22.5 Å². The van der Waals surface area contributed by atoms with Crippen LogP contribution in [0.15, 0.2) is 72.9 Å². The highest BCUT2D eigenvalue weighted by Gasteiger charge is 2.10. The van der Waals surface area contributed by atoms with Gasteiger partial charge in [0.2, 0.25) is 0 Å². The maximum Gasteiger partial charge on any atom is 0.251 e. The minimum absolute atomic E-state index is 0.0932. The zero-order chi connectivity index (χ0) is 19.5. The fourth-order valence-electron chi connectivity index (χ4n) is 3.19. The number of rotatable bonds is 5. The average molecular weight is 390 g/mol. The molecule has 140 valence electrons. The Kier molecular flexibility index (Phi) is 5.13. The van der Waals surface area contributed by atoms with E-state index in [1.54, 1.807) is 0 Å². The molecule has 5 heteroatoms. The fraction of sp³-hybridized carbons (Fsp3) is 0.130. The molecule has 0 spiro atoms. The predicted molar refractivity (Wildman–Crippen MR) is 113 cm³/mol. The summed E-state index contributed by atoms with van der Waals surface area (Å²) >= 11 is 5.96. The highest BCUT2D eigenvalue weighted by Crippen LogP contribution is 2.18. The van der Waals surface area contributed by atoms with E-state index in [0.717, 1.165) is 22.0 Å². The van der Waals surface area contributed by atoms with Crippen molar-refractivity contribution < 1.29 is 4.79 Å². The second kappa shape index (κ2) is 7.87. The molecule has 4 nitrogen and oxygen atoms in total. The smallest absolute Gasteiger partial charge is 0.251 e. The molecule has 0 unspecified atom stereocenters. The maximum absolute atomic E-state index is 12.6. The van der Waals surface area contributed by atoms with Crippen LogP contribution >= 0.6 is 11.6 Å². The first-order valence-corrected chi connectivity index (χ1v) is 9.51. The highest BCUT2D eigenvalue weighted by atomic mass is 35.5. The number of hydrogen-bond acceptors (Lipinski definition) is 2. The Labute approximate surface area is 168 Å². The van der Waals surface area contributed by atoms with Crippen molar-refractivity contribution in [2.75, 3.05) is 0 Å². The molecule has 1 N–H and O–H groups in total. The number of carbonyl (C=O) groups excluding carboxylic acids is 1. The molecule has 4 aromatic rings. The van der Waals surface area contributed by atoms with E-state index in [2.05, 4.69) is 10.4 Å². The van der Waals surface area contributed by atoms with Crippen molar-refractivity contribution in [3.05, 3.63) is 100 Å². The predicted octanol–water partition coefficient (Wildman–Crippen LogP) is 4.98. The Morgan fingerprint density at radius 3 is 2.64 bits per heavy atom. The molecule has 1 heterocycles. The molecule has 0 aliphatic rings. The van der Waals surface area contributed by atoms with Gasteiger partial charge < -0.3 is 5.32 Å². The molecular weight excluding hydrogens is 370 g/mol. The van der Waals surface area contributed by atoms with Gasteiger partial charge in [0.15, 0.2) is 0 Å². The lowest BCUT2D eigenvalue weighted by atomic mass is 10.1. The lowest BCUT2D eigenvalue weighted by Gasteiger charge is -2.09. The van der Waals surface area contributed by atoms with Crippen LogP contribution in [-0.2, 0) is 13.1 Å². The monoisotopic (exact) mass is 389 g/mol. The molecule has 0 bridgehead atoms. The average Bonchev–Trinajstić information content (AvgIpc) is 3.11. The van der Waals surface area contributed by atoms with Crippen molar-refractivity contribution >= 4 is 28.4 Å². The molecule has 4 rings (SSSR count). The highest BCUT2D eigenvalue weighted by molar-refractivity contribution is 6.30. The summed E-state index contributed by atoms with van der Waals surface area (Å²) in [5.74, 6) is -0.0932. The third-order valence-electron chi connectivity index (χ3n) is 4.85. The van der Waals surface area contributed by atoms with E-state index in [1.165, 1.54) is 5.56 Å². The van der Waals surface area contributed by atoms with Crippen LogP contribution in [0.5, 0.6) is 0 Å². The topological polar surface area (TPSA) is 46.9 Å². The van der Waals surface area contributed by atoms with Crippen LogP contribution in [0, 0.1) is 6.92 Å². The number of carbonyl (C=O) groups is 1. The molecule has 0 aliphatic heterocycles. The van der Waals surface area contributed by atoms with Gasteiger partial charge in [0.1, 0.15) is 0 Å². The van der Waals surface area contributed by atoms with Gasteiger partial charge in [0.05, 0.1) is 18.3 Å². The van der Waals surface area contributed by atoms with E-state index in [4.69, 9.17) is 11.6 Å². The number of fused-ring (bicyclic) bond motifs is 1. The first-order valence-electron chi connectivity index (χ1n) is 9.13. The Hall–Kier alpha value is -3.11. The Balaban J connectivity index is 1.54. The van der Waals surface area contributed by atoms with Gasteiger partial charge >= 0.3 is 0 Å². The van der Waals surface area contributed by atoms with Crippen molar-refractivity contribution in [2.24, 2.45) is 0 Å². The van der Waals surface area contributed by atoms with Crippen molar-refractivity contribution in [1.29, 1.82) is 0 Å². The molecule has 28 heavy (non-hydrogen) atoms. The van der Waals surface area contributed by atoms with Crippen LogP contribution in [0.4, 0.5) is 0 Å². The first-order chi connectivity index (χ1) is 13.6. The van der Waals surface area contributed by atoms with Gasteiger partial charge in [-0.05, 0) is 47.9 Å². The molecule has 1 amide bonds. The number of amides is 1. The molecule has 3 aromatic carbocycles. The maximum atomic E-state index is 12.6. The Bertz CT molecular complexity index is 1130. The van der Waals surface area contributed by atoms with Crippen LogP contribution in [-0.4, -0.2) is 15.7 Å². The van der Waals surface area contributed by atoms with Crippen LogP contribution in [0.1, 0.15) is 27.0 Å². The second-order valence-corrected chi connectivity index (χ2v) is 7.25. The Morgan fingerprint density at radius 1 is 1.07 bits per heavy atom. The number of aromatic nitrogens is 2. The first kappa shape index (κ1) is 18.3. The van der Waals surface area contributed by atoms with Gasteiger partial charge in [-0.25, -0.2) is 0 Å². The summed E-state index contributed by atoms with van der Waals surface area (Å²) < 4.78 is 1.90. The van der Waals surface area contributed by atoms with Crippen molar-refractivity contribution in [1.82, 2.24) is 15.1 Å². The van der Waals surface area contributed by atoms with Crippen LogP contribution in [0.3, 0.4) is 0 Å². The fourth-order valence-corrected chi connectivity index (χ4v) is 3.31. The minimum atomic E-state index is -0.0932. The third kappa shape index (κ3) is 3.92. The summed E-state index contributed by atoms with van der Waals surface area (Å²) in [6, 6.07) is 21.4. The van der Waals surface area contributed by atoms with Crippen molar-refractivity contribution in [2.45, 2.75) is 20.0 Å². The molecular formula is C23H20ClN3O. The van der Waals surface area contributed by atoms with E-state index in [1.807, 2.05) is 84.5 Å². The summed E-state index contributed by atoms with van der Waals surface area (Å²) in [5.41, 5.74) is 4.94. The SMILES string of the molecule is Cc1ccccc1CNC(=O)c1ccc2cnn(Cc3ccc(Cl)cc3)c2c1. The zero-order valence-corrected chi connectivity index (χ0v) is 16.3. The minimum Gasteiger partial charge on any atom is -0.348 e. The van der Waals surface area contributed by atoms with E-state index >= 15 is 0 Å². The van der Waals surface area contributed by atoms with E-state index in [9.17, 15) is 4.79 Å². The van der Waals surface area contributed by atoms with Crippen molar-refractivity contribution in [3.8, 4) is 0 Å². The van der Waals surface area contributed by atoms with Gasteiger partial charge in [0.25, 0.3) is 5.91 Å². The summed E-state index contributed by atoms with van der Waals surface area (Å²) in [6.07, 6.45) is 1.82. The Morgan fingerprint density at radius 2 is 1.86 bits per heavy atom. The quantitative estimate of drug-likeness (QED) is 0.523. The van der Waals surface area contributed by atoms with Gasteiger partial charge in [-0.1, -0.05) is 54.1 Å². The van der Waals surface area contributed by atoms with Gasteiger partial charge in [-0.3, -0.25) is 9.48 Å². The number of benzene rings is 3. The number of hydrogen-bond donors (Lipinski definition) is 1. The van der Waals surface area contributed by atoms with Crippen LogP contribution in [0.25, 0.3) is 10.9 Å². The van der Waals surface area contributed by atoms with E-state index in [-0.39, 0.29) is 5.91 Å². The number of nitrogens with zero attached hydrogens (tertiary/aromatic N) is 2. The summed E-state index contributed by atoms with van der Waals surface area (Å²) in [6.45, 7) is 3.17. The molecule has 0 fully saturated rings. The molecule has 0 radical (unpaired) electrons. The van der Waals surface area contributed by atoms with E-state index < -0.39 is 0 Å². The molecule has 0 atom stereocenters. The molecule has 1 aromatic heterocycles. The van der Waals surface area contributed by atoms with E-state index in [0.29, 0.717) is 23.7 Å². The number of nitrogens with one attached hydrogen (secondary N) is 1. The molecule has 0 saturated carbocycles. The van der Waals surface area contributed by atoms with Crippen LogP contribution < -0.4 is 5.32 Å². The van der Waals surface area contributed by atoms with Crippen molar-refractivity contribution in [3.63, 3.8) is 0 Å². The van der Waals surface area contributed by atoms with Gasteiger partial charge in [-0.2, -0.15) is 5.10 Å². The number of halogens is 1. The molecule has 0 aliphatic carbocycles. The normalized spacial score (nSPS) is 10.9. The standard InChI is InChI=1S/C23H20ClN3O/c1-16-4-2-3-5-19(16)13-25-23(28)18-8-9-20-14-26-27(22(20)12-18)15-17-6-10-21(24)11-7-17/h2-12,14H,13,15H2,1H3,(H,25,28). The summed E-state index contributed by atoms with van der Waals surface area (Å²) in [7, 11) is 0. The number of aryl methyl sites for hydroxylation is 1. The zero-order valence-electron chi connectivity index (χ0n) is 15.5. The van der Waals surface area contributed by atoms with Gasteiger partial charge in [-0.15, -0.1) is 0 Å². The largest absolute Gasteiger partial charge is 0.348 e. The lowest BCUT2D eigenvalue weighted by molar-refractivity contribution is 0.0951. The third-order valence-corrected chi connectivity index (χ3v) is 5.11. The van der Waals surface area contributed by atoms with Crippen LogP contribution in [0.2, 0.25) is 5.02 Å². The molecule has 0 saturated heterocycles. The summed E-state index contributed by atoms with van der Waals surface area (Å²) in [4.78, 5) is 12.6. The second-order valence-electron chi connectivity index (χ2n) is 6.81. The lowest BCUT2D eigenvalue weighted by Crippen LogP contribution is -2.23. The summed E-state index contributed by atoms with van der Waals surface area (Å²) in [5, 5.41) is 9.19.